The Hall–Kier alpha value is -0.900. The Balaban J connectivity index is 2.54. The molecule has 0 saturated carbocycles. The van der Waals surface area contributed by atoms with Gasteiger partial charge in [0.25, 0.3) is 0 Å². The van der Waals surface area contributed by atoms with Crippen molar-refractivity contribution in [3.8, 4) is 0 Å². The molecule has 0 radical (unpaired) electrons. The number of hydrogen-bond acceptors (Lipinski definition) is 3. The minimum Gasteiger partial charge on any atom is -0.330 e. The number of hydrogen-bond donors (Lipinski definition) is 1. The highest BCUT2D eigenvalue weighted by Gasteiger charge is 2.23. The molecule has 0 aliphatic heterocycles. The van der Waals surface area contributed by atoms with Crippen molar-refractivity contribution < 1.29 is 0 Å². The summed E-state index contributed by atoms with van der Waals surface area (Å²) in [6.07, 6.45) is 4.82. The molecule has 0 aromatic carbocycles. The van der Waals surface area contributed by atoms with E-state index in [2.05, 4.69) is 30.9 Å². The van der Waals surface area contributed by atoms with Crippen LogP contribution in [0.4, 0.5) is 0 Å². The van der Waals surface area contributed by atoms with Crippen molar-refractivity contribution in [2.75, 3.05) is 6.54 Å². The maximum atomic E-state index is 5.67. The van der Waals surface area contributed by atoms with Gasteiger partial charge in [-0.05, 0) is 30.7 Å². The largest absolute Gasteiger partial charge is 0.330 e. The van der Waals surface area contributed by atoms with Gasteiger partial charge >= 0.3 is 0 Å². The van der Waals surface area contributed by atoms with Crippen molar-refractivity contribution in [1.29, 1.82) is 0 Å². The van der Waals surface area contributed by atoms with Gasteiger partial charge in [0.15, 0.2) is 0 Å². The van der Waals surface area contributed by atoms with E-state index in [1.54, 1.807) is 6.33 Å². The summed E-state index contributed by atoms with van der Waals surface area (Å²) in [5, 5.41) is 4.08. The molecule has 0 amide bonds. The van der Waals surface area contributed by atoms with Crippen molar-refractivity contribution >= 4 is 0 Å². The summed E-state index contributed by atoms with van der Waals surface area (Å²) in [6, 6.07) is 0. The lowest BCUT2D eigenvalue weighted by atomic mass is 9.76. The molecule has 0 aliphatic carbocycles. The van der Waals surface area contributed by atoms with Gasteiger partial charge < -0.3 is 5.73 Å². The zero-order valence-electron chi connectivity index (χ0n) is 10.9. The summed E-state index contributed by atoms with van der Waals surface area (Å²) in [5.74, 6) is 1.71. The van der Waals surface area contributed by atoms with E-state index in [-0.39, 0.29) is 0 Å². The van der Waals surface area contributed by atoms with E-state index in [1.165, 1.54) is 0 Å². The predicted molar refractivity (Wildman–Crippen MR) is 65.9 cm³/mol. The smallest absolute Gasteiger partial charge is 0.138 e. The second-order valence-corrected chi connectivity index (χ2v) is 5.48. The zero-order valence-corrected chi connectivity index (χ0v) is 10.9. The fourth-order valence-corrected chi connectivity index (χ4v) is 2.06. The maximum Gasteiger partial charge on any atom is 0.138 e. The molecule has 0 fully saturated rings. The number of aryl methyl sites for hydroxylation is 2. The SMILES string of the molecule is Cn1ncnc1CCC(CCN)C(C)(C)C. The van der Waals surface area contributed by atoms with E-state index < -0.39 is 0 Å². The lowest BCUT2D eigenvalue weighted by Crippen LogP contribution is -2.24. The monoisotopic (exact) mass is 224 g/mol. The first-order valence-corrected chi connectivity index (χ1v) is 5.98. The van der Waals surface area contributed by atoms with Crippen LogP contribution in [0.1, 0.15) is 39.4 Å². The average molecular weight is 224 g/mol. The molecule has 1 aromatic heterocycles. The highest BCUT2D eigenvalue weighted by Crippen LogP contribution is 2.31. The summed E-state index contributed by atoms with van der Waals surface area (Å²) in [7, 11) is 1.94. The average Bonchev–Trinajstić information content (AvgIpc) is 2.57. The molecule has 1 atom stereocenters. The van der Waals surface area contributed by atoms with E-state index in [4.69, 9.17) is 5.73 Å². The number of aromatic nitrogens is 3. The normalized spacial score (nSPS) is 14.1. The van der Waals surface area contributed by atoms with Crippen LogP contribution in [-0.4, -0.2) is 21.3 Å². The Bertz CT molecular complexity index is 311. The van der Waals surface area contributed by atoms with Gasteiger partial charge in [-0.25, -0.2) is 4.98 Å². The van der Waals surface area contributed by atoms with Crippen molar-refractivity contribution in [2.24, 2.45) is 24.1 Å². The van der Waals surface area contributed by atoms with Crippen LogP contribution in [-0.2, 0) is 13.5 Å². The fraction of sp³-hybridized carbons (Fsp3) is 0.833. The summed E-state index contributed by atoms with van der Waals surface area (Å²) in [6.45, 7) is 7.61. The van der Waals surface area contributed by atoms with Crippen LogP contribution in [0.3, 0.4) is 0 Å². The third-order valence-corrected chi connectivity index (χ3v) is 3.26. The molecule has 4 heteroatoms. The van der Waals surface area contributed by atoms with Gasteiger partial charge in [-0.3, -0.25) is 4.68 Å². The van der Waals surface area contributed by atoms with E-state index in [1.807, 2.05) is 11.7 Å². The van der Waals surface area contributed by atoms with Crippen LogP contribution in [0.15, 0.2) is 6.33 Å². The first kappa shape index (κ1) is 13.2. The molecular formula is C12H24N4. The molecule has 1 rings (SSSR count). The highest BCUT2D eigenvalue weighted by atomic mass is 15.3. The van der Waals surface area contributed by atoms with Crippen LogP contribution >= 0.6 is 0 Å². The number of nitrogens with zero attached hydrogens (tertiary/aromatic N) is 3. The van der Waals surface area contributed by atoms with E-state index in [0.717, 1.165) is 31.6 Å². The van der Waals surface area contributed by atoms with Crippen LogP contribution in [0, 0.1) is 11.3 Å². The van der Waals surface area contributed by atoms with E-state index in [9.17, 15) is 0 Å². The van der Waals surface area contributed by atoms with Crippen molar-refractivity contribution in [3.63, 3.8) is 0 Å². The molecule has 92 valence electrons. The topological polar surface area (TPSA) is 56.7 Å². The van der Waals surface area contributed by atoms with Gasteiger partial charge in [-0.15, -0.1) is 0 Å². The Morgan fingerprint density at radius 1 is 1.38 bits per heavy atom. The molecule has 1 heterocycles. The van der Waals surface area contributed by atoms with Gasteiger partial charge in [0.2, 0.25) is 0 Å². The Labute approximate surface area is 98.2 Å². The number of rotatable bonds is 5. The Morgan fingerprint density at radius 3 is 2.50 bits per heavy atom. The van der Waals surface area contributed by atoms with E-state index in [0.29, 0.717) is 11.3 Å². The molecular weight excluding hydrogens is 200 g/mol. The standard InChI is InChI=1S/C12H24N4/c1-12(2,3)10(7-8-13)5-6-11-14-9-15-16(11)4/h9-10H,5-8,13H2,1-4H3. The first-order chi connectivity index (χ1) is 7.45. The molecule has 0 aliphatic rings. The molecule has 0 bridgehead atoms. The lowest BCUT2D eigenvalue weighted by Gasteiger charge is -2.30. The molecule has 0 spiro atoms. The van der Waals surface area contributed by atoms with E-state index >= 15 is 0 Å². The lowest BCUT2D eigenvalue weighted by molar-refractivity contribution is 0.213. The van der Waals surface area contributed by atoms with Crippen LogP contribution in [0.25, 0.3) is 0 Å². The molecule has 1 unspecified atom stereocenters. The number of nitrogens with two attached hydrogens (primary N) is 1. The maximum absolute atomic E-state index is 5.67. The zero-order chi connectivity index (χ0) is 12.2. The third kappa shape index (κ3) is 3.59. The second-order valence-electron chi connectivity index (χ2n) is 5.48. The van der Waals surface area contributed by atoms with Gasteiger partial charge in [0.05, 0.1) is 0 Å². The predicted octanol–water partition coefficient (Wildman–Crippen LogP) is 1.76. The summed E-state index contributed by atoms with van der Waals surface area (Å²) in [5.41, 5.74) is 5.99. The molecule has 4 nitrogen and oxygen atoms in total. The summed E-state index contributed by atoms with van der Waals surface area (Å²) < 4.78 is 1.85. The first-order valence-electron chi connectivity index (χ1n) is 5.98. The van der Waals surface area contributed by atoms with Gasteiger partial charge in [-0.2, -0.15) is 5.10 Å². The highest BCUT2D eigenvalue weighted by molar-refractivity contribution is 4.86. The summed E-state index contributed by atoms with van der Waals surface area (Å²) in [4.78, 5) is 4.25. The summed E-state index contributed by atoms with van der Waals surface area (Å²) >= 11 is 0. The van der Waals surface area contributed by atoms with Crippen LogP contribution in [0.2, 0.25) is 0 Å². The van der Waals surface area contributed by atoms with Crippen LogP contribution in [0.5, 0.6) is 0 Å². The fourth-order valence-electron chi connectivity index (χ4n) is 2.06. The van der Waals surface area contributed by atoms with Gasteiger partial charge in [0, 0.05) is 13.5 Å². The second kappa shape index (κ2) is 5.43. The third-order valence-electron chi connectivity index (χ3n) is 3.26. The Kier molecular flexibility index (Phi) is 4.47. The quantitative estimate of drug-likeness (QED) is 0.829. The molecule has 2 N–H and O–H groups in total. The van der Waals surface area contributed by atoms with Gasteiger partial charge in [-0.1, -0.05) is 20.8 Å². The minimum atomic E-state index is 0.317. The van der Waals surface area contributed by atoms with Crippen molar-refractivity contribution in [1.82, 2.24) is 14.8 Å². The van der Waals surface area contributed by atoms with Crippen LogP contribution < -0.4 is 5.73 Å². The molecule has 16 heavy (non-hydrogen) atoms. The van der Waals surface area contributed by atoms with Gasteiger partial charge in [0.1, 0.15) is 12.2 Å². The molecule has 0 saturated heterocycles. The molecule has 1 aromatic rings. The Morgan fingerprint density at radius 2 is 2.06 bits per heavy atom. The van der Waals surface area contributed by atoms with Crippen molar-refractivity contribution in [2.45, 2.75) is 40.0 Å². The minimum absolute atomic E-state index is 0.317. The van der Waals surface area contributed by atoms with Crippen molar-refractivity contribution in [3.05, 3.63) is 12.2 Å².